The fraction of sp³-hybridized carbons (Fsp3) is 0.333. The van der Waals surface area contributed by atoms with Gasteiger partial charge in [0.05, 0.1) is 5.56 Å². The molecule has 1 saturated heterocycles. The summed E-state index contributed by atoms with van der Waals surface area (Å²) in [5.74, 6) is -0.110. The molecule has 3 rings (SSSR count). The maximum absolute atomic E-state index is 11.8. The number of anilines is 1. The van der Waals surface area contributed by atoms with Crippen LogP contribution in [0.4, 0.5) is 5.69 Å². The van der Waals surface area contributed by atoms with Gasteiger partial charge in [0, 0.05) is 18.2 Å². The van der Waals surface area contributed by atoms with Crippen LogP contribution in [-0.2, 0) is 4.79 Å². The molecule has 1 aliphatic carbocycles. The molecule has 1 aromatic rings. The van der Waals surface area contributed by atoms with E-state index in [4.69, 9.17) is 5.11 Å². The van der Waals surface area contributed by atoms with Crippen molar-refractivity contribution in [3.05, 3.63) is 29.8 Å². The largest absolute Gasteiger partial charge is 0.478 e. The van der Waals surface area contributed by atoms with E-state index in [2.05, 4.69) is 0 Å². The fourth-order valence-corrected chi connectivity index (χ4v) is 2.32. The highest BCUT2D eigenvalue weighted by Crippen LogP contribution is 2.47. The van der Waals surface area contributed by atoms with Crippen molar-refractivity contribution in [2.75, 3.05) is 11.4 Å². The minimum atomic E-state index is -0.960. The minimum Gasteiger partial charge on any atom is -0.478 e. The van der Waals surface area contributed by atoms with Crippen molar-refractivity contribution in [3.8, 4) is 0 Å². The van der Waals surface area contributed by atoms with Crippen molar-refractivity contribution in [1.29, 1.82) is 0 Å². The monoisotopic (exact) mass is 217 g/mol. The number of carbonyl (C=O) groups is 2. The van der Waals surface area contributed by atoms with Crippen LogP contribution in [0.1, 0.15) is 16.8 Å². The van der Waals surface area contributed by atoms with E-state index >= 15 is 0 Å². The summed E-state index contributed by atoms with van der Waals surface area (Å²) in [4.78, 5) is 24.3. The summed E-state index contributed by atoms with van der Waals surface area (Å²) in [7, 11) is 0. The van der Waals surface area contributed by atoms with Crippen LogP contribution in [0.25, 0.3) is 0 Å². The Kier molecular flexibility index (Phi) is 1.80. The molecule has 1 aliphatic heterocycles. The molecule has 1 aromatic carbocycles. The highest BCUT2D eigenvalue weighted by molar-refractivity contribution is 6.00. The lowest BCUT2D eigenvalue weighted by Crippen LogP contribution is -2.27. The molecule has 0 aromatic heterocycles. The topological polar surface area (TPSA) is 57.6 Å². The van der Waals surface area contributed by atoms with Gasteiger partial charge in [0.15, 0.2) is 0 Å². The van der Waals surface area contributed by atoms with Crippen LogP contribution < -0.4 is 4.90 Å². The van der Waals surface area contributed by atoms with Crippen molar-refractivity contribution in [3.63, 3.8) is 0 Å². The predicted octanol–water partition coefficient (Wildman–Crippen LogP) is 1.37. The number of nitrogens with zero attached hydrogens (tertiary/aromatic N) is 1. The molecule has 4 heteroatoms. The number of rotatable bonds is 2. The van der Waals surface area contributed by atoms with Crippen molar-refractivity contribution < 1.29 is 14.7 Å². The van der Waals surface area contributed by atoms with E-state index in [0.29, 0.717) is 11.6 Å². The van der Waals surface area contributed by atoms with E-state index in [-0.39, 0.29) is 17.4 Å². The Balaban J connectivity index is 1.92. The molecule has 1 amide bonds. The van der Waals surface area contributed by atoms with Gasteiger partial charge in [-0.25, -0.2) is 4.79 Å². The summed E-state index contributed by atoms with van der Waals surface area (Å²) >= 11 is 0. The van der Waals surface area contributed by atoms with Gasteiger partial charge in [0.2, 0.25) is 5.91 Å². The number of carbonyl (C=O) groups excluding carboxylic acids is 1. The molecular formula is C12H11NO3. The van der Waals surface area contributed by atoms with Gasteiger partial charge in [-0.15, -0.1) is 0 Å². The molecule has 0 spiro atoms. The number of carboxylic acids is 1. The van der Waals surface area contributed by atoms with Crippen molar-refractivity contribution >= 4 is 17.6 Å². The highest BCUT2D eigenvalue weighted by Gasteiger charge is 2.52. The van der Waals surface area contributed by atoms with Crippen LogP contribution in [0.5, 0.6) is 0 Å². The van der Waals surface area contributed by atoms with Crippen LogP contribution >= 0.6 is 0 Å². The number of amides is 1. The second-order valence-electron chi connectivity index (χ2n) is 4.41. The van der Waals surface area contributed by atoms with E-state index in [1.807, 2.05) is 0 Å². The van der Waals surface area contributed by atoms with E-state index in [1.54, 1.807) is 23.1 Å². The van der Waals surface area contributed by atoms with Crippen LogP contribution in [0, 0.1) is 11.8 Å². The van der Waals surface area contributed by atoms with Gasteiger partial charge < -0.3 is 10.0 Å². The lowest BCUT2D eigenvalue weighted by Gasteiger charge is -2.18. The Labute approximate surface area is 92.5 Å². The Morgan fingerprint density at radius 2 is 2.25 bits per heavy atom. The standard InChI is InChI=1S/C12H11NO3/c14-11-10-5-8(10)6-13(11)9-3-1-2-7(4-9)12(15)16/h1-4,8,10H,5-6H2,(H,15,16). The smallest absolute Gasteiger partial charge is 0.335 e. The van der Waals surface area contributed by atoms with E-state index in [0.717, 1.165) is 13.0 Å². The summed E-state index contributed by atoms with van der Waals surface area (Å²) in [6.45, 7) is 0.743. The number of aromatic carboxylic acids is 1. The molecule has 4 nitrogen and oxygen atoms in total. The third-order valence-corrected chi connectivity index (χ3v) is 3.33. The van der Waals surface area contributed by atoms with E-state index in [9.17, 15) is 9.59 Å². The number of carboxylic acid groups (broad SMARTS) is 1. The molecule has 2 unspecified atom stereocenters. The molecule has 2 atom stereocenters. The van der Waals surface area contributed by atoms with Crippen LogP contribution in [0.15, 0.2) is 24.3 Å². The average Bonchev–Trinajstić information content (AvgIpc) is 2.98. The first-order valence-electron chi connectivity index (χ1n) is 5.31. The van der Waals surface area contributed by atoms with Gasteiger partial charge in [0.1, 0.15) is 0 Å². The zero-order chi connectivity index (χ0) is 11.3. The third-order valence-electron chi connectivity index (χ3n) is 3.33. The Bertz CT molecular complexity index is 483. The normalized spacial score (nSPS) is 26.8. The highest BCUT2D eigenvalue weighted by atomic mass is 16.4. The first-order valence-corrected chi connectivity index (χ1v) is 5.31. The molecule has 1 saturated carbocycles. The van der Waals surface area contributed by atoms with Gasteiger partial charge in [0.25, 0.3) is 0 Å². The Hall–Kier alpha value is -1.84. The molecule has 1 heterocycles. The zero-order valence-corrected chi connectivity index (χ0v) is 8.59. The zero-order valence-electron chi connectivity index (χ0n) is 8.59. The molecule has 82 valence electrons. The lowest BCUT2D eigenvalue weighted by molar-refractivity contribution is -0.118. The number of hydrogen-bond donors (Lipinski definition) is 1. The van der Waals surface area contributed by atoms with Gasteiger partial charge in [-0.3, -0.25) is 4.79 Å². The Morgan fingerprint density at radius 1 is 1.44 bits per heavy atom. The quantitative estimate of drug-likeness (QED) is 0.813. The van der Waals surface area contributed by atoms with Gasteiger partial charge in [-0.05, 0) is 30.5 Å². The van der Waals surface area contributed by atoms with E-state index in [1.165, 1.54) is 6.07 Å². The number of benzene rings is 1. The SMILES string of the molecule is O=C(O)c1cccc(N2CC3CC3C2=O)c1. The van der Waals surface area contributed by atoms with Gasteiger partial charge in [-0.1, -0.05) is 6.07 Å². The maximum atomic E-state index is 11.8. The molecule has 1 N–H and O–H groups in total. The summed E-state index contributed by atoms with van der Waals surface area (Å²) in [6, 6.07) is 6.56. The summed E-state index contributed by atoms with van der Waals surface area (Å²) in [5, 5.41) is 8.88. The molecule has 2 aliphatic rings. The van der Waals surface area contributed by atoms with Crippen LogP contribution in [-0.4, -0.2) is 23.5 Å². The summed E-state index contributed by atoms with van der Waals surface area (Å²) < 4.78 is 0. The third kappa shape index (κ3) is 1.30. The number of fused-ring (bicyclic) bond motifs is 1. The minimum absolute atomic E-state index is 0.146. The van der Waals surface area contributed by atoms with Gasteiger partial charge >= 0.3 is 5.97 Å². The van der Waals surface area contributed by atoms with E-state index < -0.39 is 5.97 Å². The van der Waals surface area contributed by atoms with Crippen LogP contribution in [0.2, 0.25) is 0 Å². The lowest BCUT2D eigenvalue weighted by atomic mass is 10.2. The summed E-state index contributed by atoms with van der Waals surface area (Å²) in [5.41, 5.74) is 0.933. The summed E-state index contributed by atoms with van der Waals surface area (Å²) in [6.07, 6.45) is 1.01. The molecule has 0 bridgehead atoms. The first kappa shape index (κ1) is 9.39. The maximum Gasteiger partial charge on any atom is 0.335 e. The van der Waals surface area contributed by atoms with Gasteiger partial charge in [-0.2, -0.15) is 0 Å². The van der Waals surface area contributed by atoms with Crippen LogP contribution in [0.3, 0.4) is 0 Å². The average molecular weight is 217 g/mol. The Morgan fingerprint density at radius 3 is 2.88 bits per heavy atom. The van der Waals surface area contributed by atoms with Crippen molar-refractivity contribution in [2.24, 2.45) is 11.8 Å². The predicted molar refractivity (Wildman–Crippen MR) is 57.4 cm³/mol. The number of piperidine rings is 1. The van der Waals surface area contributed by atoms with Crippen molar-refractivity contribution in [1.82, 2.24) is 0 Å². The number of hydrogen-bond acceptors (Lipinski definition) is 2. The molecule has 2 fully saturated rings. The second kappa shape index (κ2) is 3.07. The first-order chi connectivity index (χ1) is 7.66. The van der Waals surface area contributed by atoms with Crippen molar-refractivity contribution in [2.45, 2.75) is 6.42 Å². The fourth-order valence-electron chi connectivity index (χ4n) is 2.32. The molecule has 0 radical (unpaired) electrons. The molecular weight excluding hydrogens is 206 g/mol. The molecule has 16 heavy (non-hydrogen) atoms. The second-order valence-corrected chi connectivity index (χ2v) is 4.41.